The van der Waals surface area contributed by atoms with Crippen molar-refractivity contribution in [1.82, 2.24) is 10.6 Å². The number of nitrogens with one attached hydrogen (secondary N) is 2. The lowest BCUT2D eigenvalue weighted by atomic mass is 9.98. The molecule has 3 aliphatic rings. The van der Waals surface area contributed by atoms with Crippen LogP contribution in [0.4, 0.5) is 4.79 Å². The number of fused-ring (bicyclic) bond motifs is 3. The maximum Gasteiger partial charge on any atom is 0.407 e. The molecule has 178 valence electrons. The van der Waals surface area contributed by atoms with Crippen LogP contribution in [0.25, 0.3) is 11.1 Å². The summed E-state index contributed by atoms with van der Waals surface area (Å²) in [6.07, 6.45) is 2.87. The maximum absolute atomic E-state index is 12.5. The quantitative estimate of drug-likeness (QED) is 0.552. The van der Waals surface area contributed by atoms with E-state index in [1.165, 1.54) is 22.3 Å². The SMILES string of the molecule is O=C(O)CC1CCC(NC(=O)C2CC2CNC(=O)OCC2c3ccccc3-c3ccccc32)C1. The number of rotatable bonds is 8. The molecule has 2 aromatic carbocycles. The number of amides is 2. The number of hydrogen-bond donors (Lipinski definition) is 3. The van der Waals surface area contributed by atoms with Crippen LogP contribution in [-0.2, 0) is 14.3 Å². The molecule has 4 atom stereocenters. The van der Waals surface area contributed by atoms with Gasteiger partial charge in [-0.1, -0.05) is 48.5 Å². The van der Waals surface area contributed by atoms with Crippen LogP contribution in [0.2, 0.25) is 0 Å². The van der Waals surface area contributed by atoms with E-state index in [2.05, 4.69) is 34.9 Å². The minimum Gasteiger partial charge on any atom is -0.481 e. The van der Waals surface area contributed by atoms with Gasteiger partial charge < -0.3 is 20.5 Å². The highest BCUT2D eigenvalue weighted by molar-refractivity contribution is 5.82. The van der Waals surface area contributed by atoms with Crippen LogP contribution in [-0.4, -0.2) is 42.3 Å². The Hall–Kier alpha value is -3.35. The van der Waals surface area contributed by atoms with Gasteiger partial charge in [0, 0.05) is 30.8 Å². The second-order valence-corrected chi connectivity index (χ2v) is 9.79. The Kier molecular flexibility index (Phi) is 6.26. The lowest BCUT2D eigenvalue weighted by molar-refractivity contribution is -0.138. The molecule has 0 heterocycles. The Morgan fingerprint density at radius 3 is 2.29 bits per heavy atom. The Bertz CT molecular complexity index is 1050. The number of carbonyl (C=O) groups is 3. The summed E-state index contributed by atoms with van der Waals surface area (Å²) >= 11 is 0. The first kappa shape index (κ1) is 22.4. The third-order valence-electron chi connectivity index (χ3n) is 7.46. The molecule has 7 heteroatoms. The summed E-state index contributed by atoms with van der Waals surface area (Å²) in [4.78, 5) is 35.7. The van der Waals surface area contributed by atoms with Crippen LogP contribution < -0.4 is 10.6 Å². The summed E-state index contributed by atoms with van der Waals surface area (Å²) in [6.45, 7) is 0.689. The minimum absolute atomic E-state index is 0.0142. The summed E-state index contributed by atoms with van der Waals surface area (Å²) in [7, 11) is 0. The van der Waals surface area contributed by atoms with Gasteiger partial charge in [0.1, 0.15) is 6.61 Å². The van der Waals surface area contributed by atoms with E-state index in [9.17, 15) is 14.4 Å². The molecule has 4 unspecified atom stereocenters. The van der Waals surface area contributed by atoms with Crippen molar-refractivity contribution in [3.8, 4) is 11.1 Å². The predicted molar refractivity (Wildman–Crippen MR) is 126 cm³/mol. The molecule has 7 nitrogen and oxygen atoms in total. The first-order chi connectivity index (χ1) is 16.5. The molecule has 3 N–H and O–H groups in total. The molecular formula is C27H30N2O5. The second kappa shape index (κ2) is 9.49. The summed E-state index contributed by atoms with van der Waals surface area (Å²) in [5.41, 5.74) is 4.73. The van der Waals surface area contributed by atoms with Gasteiger partial charge in [-0.3, -0.25) is 9.59 Å². The molecule has 0 bridgehead atoms. The van der Waals surface area contributed by atoms with Crippen molar-refractivity contribution < 1.29 is 24.2 Å². The van der Waals surface area contributed by atoms with Gasteiger partial charge in [0.15, 0.2) is 0 Å². The van der Waals surface area contributed by atoms with E-state index in [1.807, 2.05) is 24.3 Å². The smallest absolute Gasteiger partial charge is 0.407 e. The van der Waals surface area contributed by atoms with Crippen LogP contribution in [0.5, 0.6) is 0 Å². The van der Waals surface area contributed by atoms with Gasteiger partial charge in [-0.25, -0.2) is 4.79 Å². The predicted octanol–water partition coefficient (Wildman–Crippen LogP) is 3.92. The topological polar surface area (TPSA) is 105 Å². The fourth-order valence-electron chi connectivity index (χ4n) is 5.60. The van der Waals surface area contributed by atoms with Crippen molar-refractivity contribution in [1.29, 1.82) is 0 Å². The molecule has 0 aliphatic heterocycles. The van der Waals surface area contributed by atoms with Crippen LogP contribution >= 0.6 is 0 Å². The van der Waals surface area contributed by atoms with Gasteiger partial charge in [-0.05, 0) is 59.8 Å². The third kappa shape index (κ3) is 4.79. The standard InChI is InChI=1S/C27H30N2O5/c30-25(31)12-16-9-10-18(11-16)29-26(32)23-13-17(23)14-28-27(33)34-15-24-21-7-3-1-5-19(21)20-6-2-4-8-22(20)24/h1-8,16-18,23-24H,9-15H2,(H,28,33)(H,29,32)(H,30,31). The van der Waals surface area contributed by atoms with E-state index >= 15 is 0 Å². The summed E-state index contributed by atoms with van der Waals surface area (Å²) in [5, 5.41) is 14.8. The molecular weight excluding hydrogens is 432 g/mol. The maximum atomic E-state index is 12.5. The summed E-state index contributed by atoms with van der Waals surface area (Å²) < 4.78 is 5.57. The lowest BCUT2D eigenvalue weighted by Crippen LogP contribution is -2.35. The first-order valence-electron chi connectivity index (χ1n) is 12.1. The van der Waals surface area contributed by atoms with E-state index < -0.39 is 12.1 Å². The fraction of sp³-hybridized carbons (Fsp3) is 0.444. The Morgan fingerprint density at radius 2 is 1.62 bits per heavy atom. The largest absolute Gasteiger partial charge is 0.481 e. The van der Waals surface area contributed by atoms with Gasteiger partial charge in [0.05, 0.1) is 0 Å². The van der Waals surface area contributed by atoms with Gasteiger partial charge in [-0.2, -0.15) is 0 Å². The highest BCUT2D eigenvalue weighted by Crippen LogP contribution is 2.44. The molecule has 0 spiro atoms. The van der Waals surface area contributed by atoms with Crippen molar-refractivity contribution in [3.05, 3.63) is 59.7 Å². The number of carboxylic acid groups (broad SMARTS) is 1. The van der Waals surface area contributed by atoms with Crippen LogP contribution in [0.15, 0.2) is 48.5 Å². The van der Waals surface area contributed by atoms with Gasteiger partial charge in [0.2, 0.25) is 5.91 Å². The highest BCUT2D eigenvalue weighted by Gasteiger charge is 2.44. The van der Waals surface area contributed by atoms with E-state index in [0.29, 0.717) is 6.54 Å². The number of benzene rings is 2. The van der Waals surface area contributed by atoms with Crippen LogP contribution in [0.1, 0.15) is 49.1 Å². The molecule has 2 aromatic rings. The third-order valence-corrected chi connectivity index (χ3v) is 7.46. The lowest BCUT2D eigenvalue weighted by Gasteiger charge is -2.15. The summed E-state index contributed by atoms with van der Waals surface area (Å²) in [5.74, 6) is -0.565. The number of carbonyl (C=O) groups excluding carboxylic acids is 2. The van der Waals surface area contributed by atoms with Crippen LogP contribution in [0, 0.1) is 17.8 Å². The zero-order valence-electron chi connectivity index (χ0n) is 19.0. The monoisotopic (exact) mass is 462 g/mol. The number of carboxylic acids is 1. The zero-order valence-corrected chi connectivity index (χ0v) is 19.0. The highest BCUT2D eigenvalue weighted by atomic mass is 16.5. The fourth-order valence-corrected chi connectivity index (χ4v) is 5.60. The normalized spacial score (nSPS) is 24.7. The van der Waals surface area contributed by atoms with Gasteiger partial charge >= 0.3 is 12.1 Å². The number of aliphatic carboxylic acids is 1. The Balaban J connectivity index is 1.05. The van der Waals surface area contributed by atoms with Crippen molar-refractivity contribution >= 4 is 18.0 Å². The average Bonchev–Trinajstić information content (AvgIpc) is 3.38. The van der Waals surface area contributed by atoms with Crippen molar-refractivity contribution in [2.24, 2.45) is 17.8 Å². The second-order valence-electron chi connectivity index (χ2n) is 9.79. The van der Waals surface area contributed by atoms with Crippen LogP contribution in [0.3, 0.4) is 0 Å². The molecule has 0 saturated heterocycles. The molecule has 34 heavy (non-hydrogen) atoms. The van der Waals surface area contributed by atoms with E-state index in [1.54, 1.807) is 0 Å². The van der Waals surface area contributed by atoms with Crippen molar-refractivity contribution in [2.45, 2.75) is 44.1 Å². The minimum atomic E-state index is -0.779. The van der Waals surface area contributed by atoms with Gasteiger partial charge in [0.25, 0.3) is 0 Å². The summed E-state index contributed by atoms with van der Waals surface area (Å²) in [6, 6.07) is 16.5. The number of hydrogen-bond acceptors (Lipinski definition) is 4. The Morgan fingerprint density at radius 1 is 0.941 bits per heavy atom. The number of alkyl carbamates (subject to hydrolysis) is 1. The van der Waals surface area contributed by atoms with E-state index in [-0.39, 0.29) is 48.6 Å². The molecule has 2 fully saturated rings. The number of ether oxygens (including phenoxy) is 1. The van der Waals surface area contributed by atoms with E-state index in [4.69, 9.17) is 9.84 Å². The zero-order chi connectivity index (χ0) is 23.7. The van der Waals surface area contributed by atoms with E-state index in [0.717, 1.165) is 25.7 Å². The molecule has 5 rings (SSSR count). The molecule has 2 amide bonds. The molecule has 0 aromatic heterocycles. The van der Waals surface area contributed by atoms with Crippen molar-refractivity contribution in [2.75, 3.05) is 13.2 Å². The molecule has 2 saturated carbocycles. The van der Waals surface area contributed by atoms with Crippen molar-refractivity contribution in [3.63, 3.8) is 0 Å². The van der Waals surface area contributed by atoms with Gasteiger partial charge in [-0.15, -0.1) is 0 Å². The Labute approximate surface area is 198 Å². The molecule has 3 aliphatic carbocycles. The average molecular weight is 463 g/mol. The molecule has 0 radical (unpaired) electrons. The first-order valence-corrected chi connectivity index (χ1v) is 12.1.